The molecule has 2 saturated heterocycles. The smallest absolute Gasteiger partial charge is 0.319 e. The lowest BCUT2D eigenvalue weighted by Crippen LogP contribution is -2.43. The van der Waals surface area contributed by atoms with Crippen molar-refractivity contribution in [1.29, 1.82) is 0 Å². The minimum atomic E-state index is -0.838. The zero-order valence-electron chi connectivity index (χ0n) is 16.6. The molecule has 29 heavy (non-hydrogen) atoms. The summed E-state index contributed by atoms with van der Waals surface area (Å²) in [6, 6.07) is 0.0910. The fourth-order valence-electron chi connectivity index (χ4n) is 4.74. The van der Waals surface area contributed by atoms with Crippen molar-refractivity contribution in [1.82, 2.24) is 19.9 Å². The molecule has 3 fully saturated rings. The van der Waals surface area contributed by atoms with Gasteiger partial charge in [-0.2, -0.15) is 9.97 Å². The Kier molecular flexibility index (Phi) is 4.37. The fourth-order valence-corrected chi connectivity index (χ4v) is 4.88. The minimum absolute atomic E-state index is 0.0253. The first kappa shape index (κ1) is 19.2. The van der Waals surface area contributed by atoms with Crippen molar-refractivity contribution in [2.24, 2.45) is 0 Å². The maximum Gasteiger partial charge on any atom is 0.319 e. The molecule has 6 nitrogen and oxygen atoms in total. The maximum atomic E-state index is 14.7. The van der Waals surface area contributed by atoms with Crippen LogP contribution in [-0.2, 0) is 0 Å². The van der Waals surface area contributed by atoms with E-state index < -0.39 is 12.0 Å². The lowest BCUT2D eigenvalue weighted by Gasteiger charge is -2.31. The average molecular weight is 424 g/mol. The molecule has 2 aliphatic heterocycles. The van der Waals surface area contributed by atoms with E-state index in [1.165, 1.54) is 6.20 Å². The van der Waals surface area contributed by atoms with Gasteiger partial charge in [0, 0.05) is 31.7 Å². The Hall–Kier alpha value is -1.80. The molecule has 0 spiro atoms. The number of anilines is 1. The summed E-state index contributed by atoms with van der Waals surface area (Å²) >= 11 is 5.89. The van der Waals surface area contributed by atoms with E-state index in [0.717, 1.165) is 32.2 Å². The molecule has 1 aliphatic carbocycles. The number of fused-ring (bicyclic) bond motifs is 2. The predicted octanol–water partition coefficient (Wildman–Crippen LogP) is 3.76. The van der Waals surface area contributed by atoms with Gasteiger partial charge in [-0.1, -0.05) is 11.6 Å². The third kappa shape index (κ3) is 3.11. The number of ether oxygens (including phenoxy) is 1. The topological polar surface area (TPSA) is 54.4 Å². The molecule has 156 valence electrons. The standard InChI is InChI=1S/C20H24ClF2N5O/c1-19(5-6-19)27(2)17-13-9-24-16(21)14(23)15(13)25-18(26-17)29-11-20-4-3-7-28(20)10-12(22)8-20/h9,12H,3-8,10-11H2,1-2H3/t12-,20+/m1/s1. The van der Waals surface area contributed by atoms with Crippen LogP contribution in [0.1, 0.15) is 39.0 Å². The SMILES string of the molecule is CN(c1nc(OC[C@@]23CCCN2C[C@H](F)C3)nc2c(F)c(Cl)ncc12)C1(C)CC1. The number of alkyl halides is 1. The van der Waals surface area contributed by atoms with E-state index in [2.05, 4.69) is 26.8 Å². The fraction of sp³-hybridized carbons (Fsp3) is 0.650. The van der Waals surface area contributed by atoms with Gasteiger partial charge >= 0.3 is 6.01 Å². The molecule has 0 unspecified atom stereocenters. The highest BCUT2D eigenvalue weighted by atomic mass is 35.5. The Balaban J connectivity index is 1.51. The second kappa shape index (κ2) is 6.60. The van der Waals surface area contributed by atoms with Crippen molar-refractivity contribution in [2.45, 2.75) is 56.3 Å². The molecule has 9 heteroatoms. The van der Waals surface area contributed by atoms with E-state index in [0.29, 0.717) is 30.8 Å². The van der Waals surface area contributed by atoms with Crippen molar-refractivity contribution in [3.05, 3.63) is 17.2 Å². The number of nitrogens with zero attached hydrogens (tertiary/aromatic N) is 5. The molecule has 2 aromatic rings. The highest BCUT2D eigenvalue weighted by Gasteiger charge is 2.49. The number of aromatic nitrogens is 3. The lowest BCUT2D eigenvalue weighted by molar-refractivity contribution is 0.107. The van der Waals surface area contributed by atoms with Crippen LogP contribution >= 0.6 is 11.6 Å². The monoisotopic (exact) mass is 423 g/mol. The number of hydrogen-bond acceptors (Lipinski definition) is 6. The van der Waals surface area contributed by atoms with Crippen molar-refractivity contribution in [2.75, 3.05) is 31.6 Å². The summed E-state index contributed by atoms with van der Waals surface area (Å²) in [4.78, 5) is 17.0. The molecule has 1 saturated carbocycles. The van der Waals surface area contributed by atoms with Crippen molar-refractivity contribution in [3.63, 3.8) is 0 Å². The molecule has 3 aliphatic rings. The van der Waals surface area contributed by atoms with E-state index in [-0.39, 0.29) is 27.8 Å². The van der Waals surface area contributed by atoms with Gasteiger partial charge < -0.3 is 9.64 Å². The molecule has 0 N–H and O–H groups in total. The quantitative estimate of drug-likeness (QED) is 0.682. The van der Waals surface area contributed by atoms with Crippen LogP contribution in [0.15, 0.2) is 6.20 Å². The number of rotatable bonds is 5. The molecule has 0 aromatic carbocycles. The van der Waals surface area contributed by atoms with Gasteiger partial charge in [0.25, 0.3) is 0 Å². The van der Waals surface area contributed by atoms with Crippen LogP contribution in [0.3, 0.4) is 0 Å². The van der Waals surface area contributed by atoms with E-state index in [9.17, 15) is 8.78 Å². The molecule has 5 rings (SSSR count). The normalized spacial score (nSPS) is 28.0. The van der Waals surface area contributed by atoms with Gasteiger partial charge in [0.2, 0.25) is 0 Å². The Labute approximate surface area is 173 Å². The van der Waals surface area contributed by atoms with E-state index in [4.69, 9.17) is 16.3 Å². The van der Waals surface area contributed by atoms with Crippen LogP contribution in [0.4, 0.5) is 14.6 Å². The van der Waals surface area contributed by atoms with E-state index >= 15 is 0 Å². The van der Waals surface area contributed by atoms with Gasteiger partial charge in [-0.05, 0) is 39.2 Å². The average Bonchev–Trinajstić information content (AvgIpc) is 3.21. The first-order valence-electron chi connectivity index (χ1n) is 10.1. The van der Waals surface area contributed by atoms with Crippen LogP contribution < -0.4 is 9.64 Å². The molecular weight excluding hydrogens is 400 g/mol. The highest BCUT2D eigenvalue weighted by Crippen LogP contribution is 2.44. The third-order valence-electron chi connectivity index (χ3n) is 6.93. The number of hydrogen-bond donors (Lipinski definition) is 0. The zero-order chi connectivity index (χ0) is 20.4. The predicted molar refractivity (Wildman–Crippen MR) is 107 cm³/mol. The van der Waals surface area contributed by atoms with Crippen LogP contribution in [0, 0.1) is 5.82 Å². The van der Waals surface area contributed by atoms with Gasteiger partial charge in [0.1, 0.15) is 24.1 Å². The van der Waals surface area contributed by atoms with Gasteiger partial charge in [-0.25, -0.2) is 13.8 Å². The molecule has 0 bridgehead atoms. The van der Waals surface area contributed by atoms with Crippen molar-refractivity contribution >= 4 is 28.3 Å². The first-order valence-corrected chi connectivity index (χ1v) is 10.5. The Morgan fingerprint density at radius 3 is 2.90 bits per heavy atom. The highest BCUT2D eigenvalue weighted by molar-refractivity contribution is 6.30. The largest absolute Gasteiger partial charge is 0.461 e. The van der Waals surface area contributed by atoms with Crippen LogP contribution in [0.25, 0.3) is 10.9 Å². The Morgan fingerprint density at radius 1 is 1.34 bits per heavy atom. The maximum absolute atomic E-state index is 14.7. The summed E-state index contributed by atoms with van der Waals surface area (Å²) in [5.74, 6) is -0.110. The molecule has 0 radical (unpaired) electrons. The molecule has 2 atom stereocenters. The van der Waals surface area contributed by atoms with Crippen LogP contribution in [0.2, 0.25) is 5.15 Å². The minimum Gasteiger partial charge on any atom is -0.461 e. The van der Waals surface area contributed by atoms with E-state index in [1.807, 2.05) is 11.9 Å². The van der Waals surface area contributed by atoms with Gasteiger partial charge in [0.05, 0.1) is 10.9 Å². The van der Waals surface area contributed by atoms with Crippen LogP contribution in [-0.4, -0.2) is 63.8 Å². The lowest BCUT2D eigenvalue weighted by atomic mass is 9.95. The second-order valence-corrected chi connectivity index (χ2v) is 9.23. The van der Waals surface area contributed by atoms with Gasteiger partial charge in [-0.3, -0.25) is 4.90 Å². The summed E-state index contributed by atoms with van der Waals surface area (Å²) in [7, 11) is 1.94. The van der Waals surface area contributed by atoms with Crippen LogP contribution in [0.5, 0.6) is 6.01 Å². The summed E-state index contributed by atoms with van der Waals surface area (Å²) < 4.78 is 34.7. The first-order chi connectivity index (χ1) is 13.8. The summed E-state index contributed by atoms with van der Waals surface area (Å²) in [5.41, 5.74) is -0.250. The van der Waals surface area contributed by atoms with Crippen molar-refractivity contribution in [3.8, 4) is 6.01 Å². The summed E-state index contributed by atoms with van der Waals surface area (Å²) in [5, 5.41) is 0.269. The third-order valence-corrected chi connectivity index (χ3v) is 7.20. The second-order valence-electron chi connectivity index (χ2n) is 8.88. The van der Waals surface area contributed by atoms with E-state index in [1.54, 1.807) is 0 Å². The summed E-state index contributed by atoms with van der Waals surface area (Å²) in [6.45, 7) is 3.75. The molecule has 0 amide bonds. The molecule has 4 heterocycles. The number of halogens is 3. The summed E-state index contributed by atoms with van der Waals surface area (Å²) in [6.07, 6.45) is 5.09. The molecular formula is C20H24ClF2N5O. The van der Waals surface area contributed by atoms with Gasteiger partial charge in [-0.15, -0.1) is 0 Å². The molecule has 2 aromatic heterocycles. The Morgan fingerprint density at radius 2 is 2.14 bits per heavy atom. The van der Waals surface area contributed by atoms with Crippen molar-refractivity contribution < 1.29 is 13.5 Å². The van der Waals surface area contributed by atoms with Gasteiger partial charge in [0.15, 0.2) is 11.0 Å². The number of pyridine rings is 1. The zero-order valence-corrected chi connectivity index (χ0v) is 17.3. The Bertz CT molecular complexity index is 972.